The highest BCUT2D eigenvalue weighted by Crippen LogP contribution is 2.37. The fourth-order valence-electron chi connectivity index (χ4n) is 1.53. The van der Waals surface area contributed by atoms with Gasteiger partial charge in [0.25, 0.3) is 0 Å². The van der Waals surface area contributed by atoms with Crippen LogP contribution in [0.4, 0.5) is 18.9 Å². The summed E-state index contributed by atoms with van der Waals surface area (Å²) in [4.78, 5) is 1.48. The van der Waals surface area contributed by atoms with Crippen LogP contribution in [0.3, 0.4) is 0 Å². The van der Waals surface area contributed by atoms with Crippen LogP contribution in [-0.2, 0) is 6.18 Å². The third kappa shape index (κ3) is 2.68. The zero-order valence-electron chi connectivity index (χ0n) is 9.89. The topological polar surface area (TPSA) is 3.24 Å². The first-order valence-corrected chi connectivity index (χ1v) is 5.12. The third-order valence-corrected chi connectivity index (χ3v) is 2.47. The van der Waals surface area contributed by atoms with Crippen LogP contribution in [0.15, 0.2) is 18.2 Å². The minimum absolute atomic E-state index is 0.0947. The molecule has 1 aromatic carbocycles. The van der Waals surface area contributed by atoms with Crippen LogP contribution in [0.25, 0.3) is 0 Å². The molecule has 1 aromatic rings. The lowest BCUT2D eigenvalue weighted by atomic mass is 9.99. The molecule has 0 unspecified atom stereocenters. The molecule has 0 spiro atoms. The van der Waals surface area contributed by atoms with Gasteiger partial charge in [0, 0.05) is 19.8 Å². The van der Waals surface area contributed by atoms with E-state index in [1.165, 1.54) is 17.0 Å². The lowest BCUT2D eigenvalue weighted by Crippen LogP contribution is -2.17. The Morgan fingerprint density at radius 1 is 1.12 bits per heavy atom. The van der Waals surface area contributed by atoms with Crippen molar-refractivity contribution < 1.29 is 13.2 Å². The van der Waals surface area contributed by atoms with E-state index in [2.05, 4.69) is 0 Å². The van der Waals surface area contributed by atoms with Crippen LogP contribution in [0.5, 0.6) is 0 Å². The van der Waals surface area contributed by atoms with Crippen molar-refractivity contribution >= 4 is 5.69 Å². The van der Waals surface area contributed by atoms with Crippen LogP contribution in [0, 0.1) is 0 Å². The van der Waals surface area contributed by atoms with E-state index in [4.69, 9.17) is 0 Å². The molecular weight excluding hydrogens is 215 g/mol. The molecule has 0 saturated heterocycles. The quantitative estimate of drug-likeness (QED) is 0.746. The van der Waals surface area contributed by atoms with Gasteiger partial charge in [-0.1, -0.05) is 19.9 Å². The van der Waals surface area contributed by atoms with Crippen molar-refractivity contribution in [2.24, 2.45) is 0 Å². The van der Waals surface area contributed by atoms with E-state index in [1.54, 1.807) is 20.2 Å². The normalized spacial score (nSPS) is 12.0. The molecule has 0 aliphatic heterocycles. The zero-order valence-corrected chi connectivity index (χ0v) is 9.89. The Kier molecular flexibility index (Phi) is 3.51. The van der Waals surface area contributed by atoms with E-state index >= 15 is 0 Å². The van der Waals surface area contributed by atoms with Gasteiger partial charge in [-0.2, -0.15) is 13.2 Å². The number of benzene rings is 1. The molecule has 16 heavy (non-hydrogen) atoms. The molecule has 1 rings (SSSR count). The third-order valence-electron chi connectivity index (χ3n) is 2.47. The van der Waals surface area contributed by atoms with Crippen LogP contribution in [0.2, 0.25) is 0 Å². The molecule has 0 heterocycles. The zero-order chi connectivity index (χ0) is 12.5. The van der Waals surface area contributed by atoms with Gasteiger partial charge in [0.2, 0.25) is 0 Å². The Hall–Kier alpha value is -1.19. The fourth-order valence-corrected chi connectivity index (χ4v) is 1.53. The fraction of sp³-hybridized carbons (Fsp3) is 0.500. The van der Waals surface area contributed by atoms with Gasteiger partial charge in [0.05, 0.1) is 5.56 Å². The van der Waals surface area contributed by atoms with E-state index in [-0.39, 0.29) is 11.6 Å². The van der Waals surface area contributed by atoms with Crippen molar-refractivity contribution in [3.05, 3.63) is 29.3 Å². The Balaban J connectivity index is 3.33. The first-order chi connectivity index (χ1) is 7.23. The lowest BCUT2D eigenvalue weighted by Gasteiger charge is -2.21. The Labute approximate surface area is 93.9 Å². The van der Waals surface area contributed by atoms with Gasteiger partial charge in [-0.15, -0.1) is 0 Å². The minimum Gasteiger partial charge on any atom is -0.377 e. The monoisotopic (exact) mass is 231 g/mol. The van der Waals surface area contributed by atoms with Gasteiger partial charge in [-0.05, 0) is 23.6 Å². The minimum atomic E-state index is -4.30. The van der Waals surface area contributed by atoms with Crippen molar-refractivity contribution in [3.8, 4) is 0 Å². The summed E-state index contributed by atoms with van der Waals surface area (Å²) in [7, 11) is 3.22. The molecule has 0 aliphatic carbocycles. The van der Waals surface area contributed by atoms with Gasteiger partial charge in [0.15, 0.2) is 0 Å². The van der Waals surface area contributed by atoms with E-state index < -0.39 is 11.7 Å². The predicted octanol–water partition coefficient (Wildman–Crippen LogP) is 3.89. The second kappa shape index (κ2) is 4.36. The molecule has 0 radical (unpaired) electrons. The molecule has 0 atom stereocenters. The molecule has 0 bridgehead atoms. The summed E-state index contributed by atoms with van der Waals surface area (Å²) < 4.78 is 38.5. The van der Waals surface area contributed by atoms with Crippen molar-refractivity contribution in [1.29, 1.82) is 0 Å². The van der Waals surface area contributed by atoms with Gasteiger partial charge >= 0.3 is 6.18 Å². The summed E-state index contributed by atoms with van der Waals surface area (Å²) in [5.74, 6) is 0.0947. The molecular formula is C12H16F3N. The highest BCUT2D eigenvalue weighted by Gasteiger charge is 2.34. The largest absolute Gasteiger partial charge is 0.418 e. The van der Waals surface area contributed by atoms with E-state index in [9.17, 15) is 13.2 Å². The smallest absolute Gasteiger partial charge is 0.377 e. The SMILES string of the molecule is CC(C)c1ccc(N(C)C)c(C(F)(F)F)c1. The van der Waals surface area contributed by atoms with Crippen molar-refractivity contribution in [3.63, 3.8) is 0 Å². The van der Waals surface area contributed by atoms with Crippen LogP contribution < -0.4 is 4.90 Å². The maximum Gasteiger partial charge on any atom is 0.418 e. The highest BCUT2D eigenvalue weighted by atomic mass is 19.4. The van der Waals surface area contributed by atoms with Gasteiger partial charge < -0.3 is 4.90 Å². The van der Waals surface area contributed by atoms with Crippen molar-refractivity contribution in [2.75, 3.05) is 19.0 Å². The Bertz CT molecular complexity index is 367. The Morgan fingerprint density at radius 2 is 1.69 bits per heavy atom. The molecule has 0 N–H and O–H groups in total. The number of hydrogen-bond acceptors (Lipinski definition) is 1. The molecule has 90 valence electrons. The summed E-state index contributed by atoms with van der Waals surface area (Å²) in [6.45, 7) is 3.76. The van der Waals surface area contributed by atoms with Crippen LogP contribution in [0.1, 0.15) is 30.9 Å². The molecule has 4 heteroatoms. The maximum absolute atomic E-state index is 12.8. The van der Waals surface area contributed by atoms with Crippen LogP contribution in [-0.4, -0.2) is 14.1 Å². The van der Waals surface area contributed by atoms with Gasteiger partial charge in [0.1, 0.15) is 0 Å². The number of alkyl halides is 3. The molecule has 0 saturated carbocycles. The summed E-state index contributed by atoms with van der Waals surface area (Å²) in [5.41, 5.74) is 0.346. The number of nitrogens with zero attached hydrogens (tertiary/aromatic N) is 1. The lowest BCUT2D eigenvalue weighted by molar-refractivity contribution is -0.137. The molecule has 0 amide bonds. The Morgan fingerprint density at radius 3 is 2.06 bits per heavy atom. The highest BCUT2D eigenvalue weighted by molar-refractivity contribution is 5.55. The number of rotatable bonds is 2. The molecule has 0 aliphatic rings. The molecule has 1 nitrogen and oxygen atoms in total. The molecule has 0 fully saturated rings. The average Bonchev–Trinajstić information content (AvgIpc) is 2.15. The average molecular weight is 231 g/mol. The summed E-state index contributed by atoms with van der Waals surface area (Å²) in [6, 6.07) is 4.51. The van der Waals surface area contributed by atoms with E-state index in [0.717, 1.165) is 0 Å². The van der Waals surface area contributed by atoms with E-state index in [0.29, 0.717) is 5.56 Å². The molecule has 0 aromatic heterocycles. The first-order valence-electron chi connectivity index (χ1n) is 5.12. The summed E-state index contributed by atoms with van der Waals surface area (Å²) >= 11 is 0. The van der Waals surface area contributed by atoms with Crippen LogP contribution >= 0.6 is 0 Å². The number of halogens is 3. The second-order valence-electron chi connectivity index (χ2n) is 4.32. The number of anilines is 1. The first kappa shape index (κ1) is 12.9. The second-order valence-corrected chi connectivity index (χ2v) is 4.32. The van der Waals surface area contributed by atoms with Crippen molar-refractivity contribution in [1.82, 2.24) is 0 Å². The van der Waals surface area contributed by atoms with Gasteiger partial charge in [-0.25, -0.2) is 0 Å². The summed E-state index contributed by atoms with van der Waals surface area (Å²) in [5, 5.41) is 0. The maximum atomic E-state index is 12.8. The summed E-state index contributed by atoms with van der Waals surface area (Å²) in [6.07, 6.45) is -4.30. The predicted molar refractivity (Wildman–Crippen MR) is 59.9 cm³/mol. The van der Waals surface area contributed by atoms with Crippen molar-refractivity contribution in [2.45, 2.75) is 25.9 Å². The van der Waals surface area contributed by atoms with Gasteiger partial charge in [-0.3, -0.25) is 0 Å². The standard InChI is InChI=1S/C12H16F3N/c1-8(2)9-5-6-11(16(3)4)10(7-9)12(13,14)15/h5-8H,1-4H3. The number of hydrogen-bond donors (Lipinski definition) is 0. The van der Waals surface area contributed by atoms with E-state index in [1.807, 2.05) is 13.8 Å².